The maximum Gasteiger partial charge on any atom is 0.293 e. The highest BCUT2D eigenvalue weighted by atomic mass is 16.5. The topological polar surface area (TPSA) is 80.7 Å². The Kier molecular flexibility index (Phi) is 8.36. The van der Waals surface area contributed by atoms with Gasteiger partial charge < -0.3 is 14.6 Å². The molecule has 1 fully saturated rings. The molecule has 5 atom stereocenters. The van der Waals surface area contributed by atoms with E-state index in [9.17, 15) is 19.5 Å². The van der Waals surface area contributed by atoms with Crippen LogP contribution in [0.2, 0.25) is 0 Å². The average molecular weight is 389 g/mol. The summed E-state index contributed by atoms with van der Waals surface area (Å²) >= 11 is 0. The summed E-state index contributed by atoms with van der Waals surface area (Å²) in [5.74, 6) is 0.265. The van der Waals surface area contributed by atoms with Gasteiger partial charge in [-0.25, -0.2) is 0 Å². The lowest BCUT2D eigenvalue weighted by Crippen LogP contribution is -2.41. The fraction of sp³-hybridized carbons (Fsp3) is 0.609. The number of rotatable bonds is 10. The van der Waals surface area contributed by atoms with E-state index in [0.29, 0.717) is 25.7 Å². The van der Waals surface area contributed by atoms with Crippen molar-refractivity contribution in [1.29, 1.82) is 0 Å². The van der Waals surface area contributed by atoms with E-state index < -0.39 is 0 Å². The number of aliphatic hydroxyl groups is 1. The minimum Gasteiger partial charge on any atom is -0.464 e. The fourth-order valence-corrected chi connectivity index (χ4v) is 4.35. The lowest BCUT2D eigenvalue weighted by atomic mass is 9.67. The molecule has 0 unspecified atom stereocenters. The van der Waals surface area contributed by atoms with Crippen LogP contribution in [-0.4, -0.2) is 29.2 Å². The Morgan fingerprint density at radius 3 is 2.46 bits per heavy atom. The van der Waals surface area contributed by atoms with Gasteiger partial charge >= 0.3 is 0 Å². The second-order valence-electron chi connectivity index (χ2n) is 8.22. The summed E-state index contributed by atoms with van der Waals surface area (Å²) in [5.41, 5.74) is 1.83. The number of carbonyl (C=O) groups excluding carboxylic acids is 3. The predicted molar refractivity (Wildman–Crippen MR) is 106 cm³/mol. The predicted octanol–water partition coefficient (Wildman–Crippen LogP) is 3.50. The van der Waals surface area contributed by atoms with Gasteiger partial charge in [-0.2, -0.15) is 0 Å². The zero-order valence-corrected chi connectivity index (χ0v) is 17.1. The Labute approximate surface area is 167 Å². The molecule has 0 radical (unpaired) electrons. The molecule has 0 amide bonds. The van der Waals surface area contributed by atoms with Gasteiger partial charge in [0, 0.05) is 30.6 Å². The molecule has 0 bridgehead atoms. The first-order valence-electron chi connectivity index (χ1n) is 10.2. The number of aliphatic hydroxyl groups excluding tert-OH is 1. The van der Waals surface area contributed by atoms with E-state index in [0.717, 1.165) is 24.0 Å². The van der Waals surface area contributed by atoms with Crippen LogP contribution in [0.15, 0.2) is 24.3 Å². The van der Waals surface area contributed by atoms with Crippen LogP contribution in [0, 0.1) is 23.7 Å². The molecule has 5 heteroatoms. The van der Waals surface area contributed by atoms with E-state index in [2.05, 4.69) is 6.92 Å². The van der Waals surface area contributed by atoms with Crippen LogP contribution >= 0.6 is 0 Å². The first-order valence-corrected chi connectivity index (χ1v) is 10.2. The highest BCUT2D eigenvalue weighted by Gasteiger charge is 2.40. The van der Waals surface area contributed by atoms with Crippen molar-refractivity contribution in [3.8, 4) is 0 Å². The SMILES string of the molecule is CC(=O)CC[C@@H]1C(=O)[C@H]([C@@H](C)[C@@H](Cc2ccc(CO)cc2)OC=O)CC[C@H]1C. The third kappa shape index (κ3) is 5.74. The largest absolute Gasteiger partial charge is 0.464 e. The maximum atomic E-state index is 13.2. The summed E-state index contributed by atoms with van der Waals surface area (Å²) in [6, 6.07) is 7.53. The summed E-state index contributed by atoms with van der Waals surface area (Å²) in [7, 11) is 0. The maximum absolute atomic E-state index is 13.2. The standard InChI is InChI=1S/C23H32O5/c1-15-4-10-21(23(27)20(15)11-5-16(2)26)17(3)22(28-14-25)12-18-6-8-19(13-24)9-7-18/h6-9,14-15,17,20-22,24H,4-5,10-13H2,1-3H3/t15-,17-,20+,21+,22-/m1/s1. The molecule has 1 aliphatic rings. The summed E-state index contributed by atoms with van der Waals surface area (Å²) < 4.78 is 5.39. The van der Waals surface area contributed by atoms with Gasteiger partial charge in [0.1, 0.15) is 17.7 Å². The molecule has 1 aromatic carbocycles. The molecule has 2 rings (SSSR count). The van der Waals surface area contributed by atoms with Crippen LogP contribution < -0.4 is 0 Å². The highest BCUT2D eigenvalue weighted by Crippen LogP contribution is 2.38. The molecule has 1 aliphatic carbocycles. The third-order valence-electron chi connectivity index (χ3n) is 6.25. The van der Waals surface area contributed by atoms with Crippen LogP contribution in [0.3, 0.4) is 0 Å². The smallest absolute Gasteiger partial charge is 0.293 e. The van der Waals surface area contributed by atoms with Crippen molar-refractivity contribution in [3.63, 3.8) is 0 Å². The molecule has 1 saturated carbocycles. The van der Waals surface area contributed by atoms with Gasteiger partial charge in [0.05, 0.1) is 6.61 Å². The summed E-state index contributed by atoms with van der Waals surface area (Å²) in [6.07, 6.45) is 2.94. The first kappa shape index (κ1) is 22.3. The lowest BCUT2D eigenvalue weighted by molar-refractivity contribution is -0.143. The molecule has 1 aromatic rings. The average Bonchev–Trinajstić information content (AvgIpc) is 2.67. The van der Waals surface area contributed by atoms with Crippen molar-refractivity contribution in [2.45, 2.75) is 65.6 Å². The van der Waals surface area contributed by atoms with Gasteiger partial charge in [0.2, 0.25) is 0 Å². The monoisotopic (exact) mass is 388 g/mol. The Hall–Kier alpha value is -2.01. The fourth-order valence-electron chi connectivity index (χ4n) is 4.35. The van der Waals surface area contributed by atoms with E-state index in [4.69, 9.17) is 4.74 Å². The van der Waals surface area contributed by atoms with Crippen molar-refractivity contribution < 1.29 is 24.2 Å². The normalized spacial score (nSPS) is 24.4. The van der Waals surface area contributed by atoms with Gasteiger partial charge in [-0.3, -0.25) is 9.59 Å². The van der Waals surface area contributed by atoms with E-state index in [-0.39, 0.29) is 47.9 Å². The minimum atomic E-state index is -0.381. The number of hydrogen-bond acceptors (Lipinski definition) is 5. The number of hydrogen-bond donors (Lipinski definition) is 1. The molecule has 0 heterocycles. The quantitative estimate of drug-likeness (QED) is 0.621. The number of ketones is 2. The number of benzene rings is 1. The van der Waals surface area contributed by atoms with E-state index >= 15 is 0 Å². The van der Waals surface area contributed by atoms with Crippen LogP contribution in [-0.2, 0) is 32.1 Å². The second-order valence-corrected chi connectivity index (χ2v) is 8.22. The van der Waals surface area contributed by atoms with Gasteiger partial charge in [0.15, 0.2) is 0 Å². The number of ether oxygens (including phenoxy) is 1. The molecule has 0 saturated heterocycles. The Bertz CT molecular complexity index is 666. The second kappa shape index (κ2) is 10.5. The van der Waals surface area contributed by atoms with Gasteiger partial charge in [-0.15, -0.1) is 0 Å². The van der Waals surface area contributed by atoms with Crippen molar-refractivity contribution in [2.24, 2.45) is 23.7 Å². The van der Waals surface area contributed by atoms with Crippen LogP contribution in [0.1, 0.15) is 57.6 Å². The Morgan fingerprint density at radius 2 is 1.89 bits per heavy atom. The molecule has 1 N–H and O–H groups in total. The van der Waals surface area contributed by atoms with Crippen LogP contribution in [0.25, 0.3) is 0 Å². The third-order valence-corrected chi connectivity index (χ3v) is 6.25. The summed E-state index contributed by atoms with van der Waals surface area (Å²) in [6.45, 7) is 6.09. The Balaban J connectivity index is 2.11. The van der Waals surface area contributed by atoms with E-state index in [1.807, 2.05) is 31.2 Å². The molecule has 0 aliphatic heterocycles. The van der Waals surface area contributed by atoms with Gasteiger partial charge in [-0.1, -0.05) is 38.1 Å². The highest BCUT2D eigenvalue weighted by molar-refractivity contribution is 5.85. The number of carbonyl (C=O) groups is 3. The lowest BCUT2D eigenvalue weighted by Gasteiger charge is -2.38. The first-order chi connectivity index (χ1) is 13.4. The van der Waals surface area contributed by atoms with Crippen LogP contribution in [0.4, 0.5) is 0 Å². The molecule has 154 valence electrons. The van der Waals surface area contributed by atoms with E-state index in [1.54, 1.807) is 6.92 Å². The van der Waals surface area contributed by atoms with Gasteiger partial charge in [0.25, 0.3) is 6.47 Å². The zero-order valence-electron chi connectivity index (χ0n) is 17.1. The zero-order chi connectivity index (χ0) is 20.7. The van der Waals surface area contributed by atoms with Crippen molar-refractivity contribution in [3.05, 3.63) is 35.4 Å². The summed E-state index contributed by atoms with van der Waals surface area (Å²) in [5, 5.41) is 9.18. The van der Waals surface area contributed by atoms with Crippen molar-refractivity contribution >= 4 is 18.0 Å². The Morgan fingerprint density at radius 1 is 1.25 bits per heavy atom. The minimum absolute atomic E-state index is 0.0125. The summed E-state index contributed by atoms with van der Waals surface area (Å²) in [4.78, 5) is 35.6. The molecular formula is C23H32O5. The molecule has 28 heavy (non-hydrogen) atoms. The van der Waals surface area contributed by atoms with Gasteiger partial charge in [-0.05, 0) is 43.2 Å². The molecule has 0 spiro atoms. The molecular weight excluding hydrogens is 356 g/mol. The van der Waals surface area contributed by atoms with Crippen LogP contribution in [0.5, 0.6) is 0 Å². The van der Waals surface area contributed by atoms with Crippen molar-refractivity contribution in [1.82, 2.24) is 0 Å². The number of Topliss-reactive ketones (excluding diaryl/α,β-unsaturated/α-hetero) is 2. The molecule has 0 aromatic heterocycles. The van der Waals surface area contributed by atoms with E-state index in [1.165, 1.54) is 0 Å². The van der Waals surface area contributed by atoms with Crippen molar-refractivity contribution in [2.75, 3.05) is 0 Å². The molecule has 5 nitrogen and oxygen atoms in total.